The molecule has 0 radical (unpaired) electrons. The van der Waals surface area contributed by atoms with E-state index in [9.17, 15) is 0 Å². The van der Waals surface area contributed by atoms with Gasteiger partial charge in [-0.1, -0.05) is 37.1 Å². The van der Waals surface area contributed by atoms with E-state index in [-0.39, 0.29) is 0 Å². The van der Waals surface area contributed by atoms with Crippen molar-refractivity contribution in [3.05, 3.63) is 48.0 Å². The summed E-state index contributed by atoms with van der Waals surface area (Å²) in [6.45, 7) is 1.18. The van der Waals surface area contributed by atoms with Crippen LogP contribution in [0.3, 0.4) is 0 Å². The molecule has 114 valence electrons. The number of para-hydroxylation sites is 1. The lowest BCUT2D eigenvalue weighted by atomic mass is 9.80. The van der Waals surface area contributed by atoms with Crippen LogP contribution >= 0.6 is 0 Å². The van der Waals surface area contributed by atoms with Crippen LogP contribution in [-0.4, -0.2) is 20.7 Å². The molecule has 4 rings (SSSR count). The van der Waals surface area contributed by atoms with E-state index in [0.29, 0.717) is 5.41 Å². The van der Waals surface area contributed by atoms with Crippen molar-refractivity contribution in [1.29, 1.82) is 0 Å². The minimum atomic E-state index is 0.391. The molecule has 1 spiro atoms. The third-order valence-corrected chi connectivity index (χ3v) is 5.50. The predicted molar refractivity (Wildman–Crippen MR) is 91.8 cm³/mol. The molecule has 0 bridgehead atoms. The second-order valence-electron chi connectivity index (χ2n) is 6.78. The van der Waals surface area contributed by atoms with E-state index in [2.05, 4.69) is 42.3 Å². The Morgan fingerprint density at radius 2 is 1.82 bits per heavy atom. The average Bonchev–Trinajstić information content (AvgIpc) is 3.13. The van der Waals surface area contributed by atoms with Crippen molar-refractivity contribution in [1.82, 2.24) is 0 Å². The van der Waals surface area contributed by atoms with Gasteiger partial charge >= 0.3 is 0 Å². The van der Waals surface area contributed by atoms with Gasteiger partial charge in [0.05, 0.1) is 7.11 Å². The van der Waals surface area contributed by atoms with Gasteiger partial charge in [0.2, 0.25) is 0 Å². The molecule has 2 aromatic carbocycles. The monoisotopic (exact) mass is 293 g/mol. The van der Waals surface area contributed by atoms with Crippen molar-refractivity contribution in [2.75, 3.05) is 25.6 Å². The molecule has 1 aliphatic carbocycles. The molecule has 0 atom stereocenters. The van der Waals surface area contributed by atoms with Crippen molar-refractivity contribution in [2.45, 2.75) is 31.1 Å². The highest BCUT2D eigenvalue weighted by atomic mass is 16.5. The molecule has 2 nitrogen and oxygen atoms in total. The first-order valence-corrected chi connectivity index (χ1v) is 8.23. The Bertz CT molecular complexity index is 701. The first-order valence-electron chi connectivity index (χ1n) is 8.23. The second-order valence-corrected chi connectivity index (χ2v) is 6.78. The molecular formula is C20H23NO. The minimum Gasteiger partial charge on any atom is -0.496 e. The summed E-state index contributed by atoms with van der Waals surface area (Å²) in [6.07, 6.45) is 5.40. The van der Waals surface area contributed by atoms with E-state index >= 15 is 0 Å². The fourth-order valence-corrected chi connectivity index (χ4v) is 4.45. The number of hydrogen-bond acceptors (Lipinski definition) is 2. The van der Waals surface area contributed by atoms with E-state index < -0.39 is 0 Å². The van der Waals surface area contributed by atoms with E-state index in [0.717, 1.165) is 5.75 Å². The maximum absolute atomic E-state index is 5.55. The van der Waals surface area contributed by atoms with Gasteiger partial charge in [0, 0.05) is 30.3 Å². The van der Waals surface area contributed by atoms with Crippen LogP contribution in [0.5, 0.6) is 5.75 Å². The smallest absolute Gasteiger partial charge is 0.126 e. The number of ether oxygens (including phenoxy) is 1. The summed E-state index contributed by atoms with van der Waals surface area (Å²) in [5, 5.41) is 0. The first-order chi connectivity index (χ1) is 10.7. The summed E-state index contributed by atoms with van der Waals surface area (Å²) in [5.74, 6) is 0.953. The molecule has 1 fully saturated rings. The van der Waals surface area contributed by atoms with Crippen LogP contribution in [0.15, 0.2) is 42.5 Å². The van der Waals surface area contributed by atoms with E-state index in [1.807, 2.05) is 12.1 Å². The summed E-state index contributed by atoms with van der Waals surface area (Å²) in [5.41, 5.74) is 5.83. The van der Waals surface area contributed by atoms with Crippen molar-refractivity contribution in [2.24, 2.45) is 0 Å². The number of anilines is 1. The van der Waals surface area contributed by atoms with Gasteiger partial charge in [-0.05, 0) is 42.2 Å². The van der Waals surface area contributed by atoms with Gasteiger partial charge in [0.15, 0.2) is 0 Å². The SMILES string of the molecule is COc1ccccc1-c1ccc2c(c1)C1(CCCC1)CN2C. The number of benzene rings is 2. The number of methoxy groups -OCH3 is 1. The van der Waals surface area contributed by atoms with Crippen LogP contribution < -0.4 is 9.64 Å². The normalized spacial score (nSPS) is 18.7. The highest BCUT2D eigenvalue weighted by Gasteiger charge is 2.43. The summed E-state index contributed by atoms with van der Waals surface area (Å²) >= 11 is 0. The molecule has 1 aliphatic heterocycles. The third kappa shape index (κ3) is 1.93. The van der Waals surface area contributed by atoms with Crippen LogP contribution in [0.4, 0.5) is 5.69 Å². The lowest BCUT2D eigenvalue weighted by Crippen LogP contribution is -2.28. The van der Waals surface area contributed by atoms with E-state index in [4.69, 9.17) is 4.74 Å². The third-order valence-electron chi connectivity index (χ3n) is 5.50. The van der Waals surface area contributed by atoms with Crippen LogP contribution in [0.25, 0.3) is 11.1 Å². The molecular weight excluding hydrogens is 270 g/mol. The van der Waals surface area contributed by atoms with Crippen LogP contribution in [-0.2, 0) is 5.41 Å². The number of fused-ring (bicyclic) bond motifs is 2. The Balaban J connectivity index is 1.85. The van der Waals surface area contributed by atoms with Gasteiger partial charge in [-0.15, -0.1) is 0 Å². The number of likely N-dealkylation sites (N-methyl/N-ethyl adjacent to an activating group) is 1. The van der Waals surface area contributed by atoms with Crippen LogP contribution in [0, 0.1) is 0 Å². The molecule has 22 heavy (non-hydrogen) atoms. The molecule has 0 unspecified atom stereocenters. The molecule has 1 saturated carbocycles. The molecule has 0 saturated heterocycles. The number of rotatable bonds is 2. The molecule has 2 aliphatic rings. The van der Waals surface area contributed by atoms with E-state index in [1.54, 1.807) is 12.7 Å². The highest BCUT2D eigenvalue weighted by Crippen LogP contribution is 2.51. The number of nitrogens with zero attached hydrogens (tertiary/aromatic N) is 1. The predicted octanol–water partition coefficient (Wildman–Crippen LogP) is 4.62. The maximum Gasteiger partial charge on any atom is 0.126 e. The van der Waals surface area contributed by atoms with Crippen molar-refractivity contribution in [3.63, 3.8) is 0 Å². The largest absolute Gasteiger partial charge is 0.496 e. The highest BCUT2D eigenvalue weighted by molar-refractivity contribution is 5.76. The van der Waals surface area contributed by atoms with Gasteiger partial charge in [0.25, 0.3) is 0 Å². The maximum atomic E-state index is 5.55. The molecule has 0 amide bonds. The number of hydrogen-bond donors (Lipinski definition) is 0. The summed E-state index contributed by atoms with van der Waals surface area (Å²) in [6, 6.07) is 15.3. The standard InChI is InChI=1S/C20H23NO/c1-21-14-20(11-5-6-12-20)17-13-15(9-10-18(17)21)16-7-3-4-8-19(16)22-2/h3-4,7-10,13H,5-6,11-12,14H2,1-2H3. The molecule has 0 aromatic heterocycles. The zero-order valence-electron chi connectivity index (χ0n) is 13.4. The fraction of sp³-hybridized carbons (Fsp3) is 0.400. The van der Waals surface area contributed by atoms with Gasteiger partial charge in [-0.2, -0.15) is 0 Å². The lowest BCUT2D eigenvalue weighted by Gasteiger charge is -2.24. The summed E-state index contributed by atoms with van der Waals surface area (Å²) < 4.78 is 5.55. The molecule has 2 heteroatoms. The summed E-state index contributed by atoms with van der Waals surface area (Å²) in [4.78, 5) is 2.44. The zero-order chi connectivity index (χ0) is 15.2. The van der Waals surface area contributed by atoms with Gasteiger partial charge in [0.1, 0.15) is 5.75 Å². The second kappa shape index (κ2) is 5.05. The van der Waals surface area contributed by atoms with E-state index in [1.165, 1.54) is 49.0 Å². The molecule has 0 N–H and O–H groups in total. The van der Waals surface area contributed by atoms with Crippen LogP contribution in [0.2, 0.25) is 0 Å². The van der Waals surface area contributed by atoms with Crippen molar-refractivity contribution < 1.29 is 4.74 Å². The van der Waals surface area contributed by atoms with Gasteiger partial charge in [-0.25, -0.2) is 0 Å². The van der Waals surface area contributed by atoms with Gasteiger partial charge < -0.3 is 9.64 Å². The Morgan fingerprint density at radius 3 is 2.59 bits per heavy atom. The quantitative estimate of drug-likeness (QED) is 0.801. The van der Waals surface area contributed by atoms with Crippen LogP contribution in [0.1, 0.15) is 31.2 Å². The average molecular weight is 293 g/mol. The lowest BCUT2D eigenvalue weighted by molar-refractivity contribution is 0.416. The fourth-order valence-electron chi connectivity index (χ4n) is 4.45. The summed E-state index contributed by atoms with van der Waals surface area (Å²) in [7, 11) is 3.98. The Morgan fingerprint density at radius 1 is 1.05 bits per heavy atom. The first kappa shape index (κ1) is 13.7. The zero-order valence-corrected chi connectivity index (χ0v) is 13.4. The van der Waals surface area contributed by atoms with Crippen molar-refractivity contribution in [3.8, 4) is 16.9 Å². The Hall–Kier alpha value is -1.96. The molecule has 1 heterocycles. The topological polar surface area (TPSA) is 12.5 Å². The minimum absolute atomic E-state index is 0.391. The molecule has 2 aromatic rings. The Labute approximate surface area is 132 Å². The Kier molecular flexibility index (Phi) is 3.14. The van der Waals surface area contributed by atoms with Gasteiger partial charge in [-0.3, -0.25) is 0 Å². The van der Waals surface area contributed by atoms with Crippen molar-refractivity contribution >= 4 is 5.69 Å².